The number of hydrogen-bond donors (Lipinski definition) is 0. The van der Waals surface area contributed by atoms with Gasteiger partial charge < -0.3 is 4.74 Å². The van der Waals surface area contributed by atoms with Crippen LogP contribution in [0.5, 0.6) is 5.75 Å². The lowest BCUT2D eigenvalue weighted by atomic mass is 9.94. The number of benzene rings is 1. The zero-order valence-corrected chi connectivity index (χ0v) is 15.2. The van der Waals surface area contributed by atoms with Crippen molar-refractivity contribution in [2.75, 3.05) is 19.7 Å². The van der Waals surface area contributed by atoms with E-state index < -0.39 is 10.0 Å². The molecule has 1 aliphatic rings. The number of hydrogen-bond acceptors (Lipinski definition) is 3. The van der Waals surface area contributed by atoms with Crippen LogP contribution >= 0.6 is 11.6 Å². The maximum atomic E-state index is 13.0. The van der Waals surface area contributed by atoms with Crippen LogP contribution in [-0.4, -0.2) is 32.4 Å². The van der Waals surface area contributed by atoms with Gasteiger partial charge in [-0.2, -0.15) is 4.31 Å². The topological polar surface area (TPSA) is 46.6 Å². The number of sulfonamides is 1. The van der Waals surface area contributed by atoms with Crippen molar-refractivity contribution in [1.82, 2.24) is 4.31 Å². The van der Waals surface area contributed by atoms with Crippen LogP contribution in [0.3, 0.4) is 0 Å². The summed E-state index contributed by atoms with van der Waals surface area (Å²) < 4.78 is 33.2. The van der Waals surface area contributed by atoms with Gasteiger partial charge in [0.1, 0.15) is 10.6 Å². The number of ether oxygens (including phenoxy) is 1. The molecule has 0 saturated carbocycles. The molecule has 2 atom stereocenters. The van der Waals surface area contributed by atoms with E-state index in [2.05, 4.69) is 13.8 Å². The largest absolute Gasteiger partial charge is 0.492 e. The van der Waals surface area contributed by atoms with E-state index in [-0.39, 0.29) is 4.90 Å². The number of nitrogens with zero attached hydrogens (tertiary/aromatic N) is 1. The zero-order chi connectivity index (χ0) is 16.5. The van der Waals surface area contributed by atoms with Crippen LogP contribution in [-0.2, 0) is 10.0 Å². The highest BCUT2D eigenvalue weighted by Gasteiger charge is 2.33. The number of halogens is 1. The minimum Gasteiger partial charge on any atom is -0.492 e. The summed E-state index contributed by atoms with van der Waals surface area (Å²) in [6.07, 6.45) is 1.05. The molecule has 0 amide bonds. The van der Waals surface area contributed by atoms with Crippen molar-refractivity contribution in [1.29, 1.82) is 0 Å². The summed E-state index contributed by atoms with van der Waals surface area (Å²) in [4.78, 5) is 0.172. The van der Waals surface area contributed by atoms with E-state index in [0.29, 0.717) is 42.3 Å². The van der Waals surface area contributed by atoms with Crippen molar-refractivity contribution in [3.8, 4) is 5.75 Å². The Bertz CT molecular complexity index is 635. The first kappa shape index (κ1) is 17.6. The third kappa shape index (κ3) is 3.58. The predicted molar refractivity (Wildman–Crippen MR) is 89.1 cm³/mol. The summed E-state index contributed by atoms with van der Waals surface area (Å²) in [6, 6.07) is 3.22. The lowest BCUT2D eigenvalue weighted by molar-refractivity contribution is 0.222. The Kier molecular flexibility index (Phi) is 5.41. The summed E-state index contributed by atoms with van der Waals surface area (Å²) in [5, 5.41) is 0.445. The fourth-order valence-corrected chi connectivity index (χ4v) is 5.09. The van der Waals surface area contributed by atoms with Gasteiger partial charge in [0.05, 0.1) is 6.61 Å². The molecule has 0 radical (unpaired) electrons. The quantitative estimate of drug-likeness (QED) is 0.835. The fourth-order valence-electron chi connectivity index (χ4n) is 3.05. The Morgan fingerprint density at radius 1 is 1.27 bits per heavy atom. The van der Waals surface area contributed by atoms with Gasteiger partial charge in [-0.15, -0.1) is 0 Å². The summed E-state index contributed by atoms with van der Waals surface area (Å²) in [7, 11) is -3.60. The number of piperidine rings is 1. The van der Waals surface area contributed by atoms with Crippen molar-refractivity contribution >= 4 is 21.6 Å². The van der Waals surface area contributed by atoms with E-state index in [0.717, 1.165) is 12.0 Å². The zero-order valence-electron chi connectivity index (χ0n) is 13.6. The fraction of sp³-hybridized carbons (Fsp3) is 0.625. The lowest BCUT2D eigenvalue weighted by Gasteiger charge is -2.34. The summed E-state index contributed by atoms with van der Waals surface area (Å²) in [6.45, 7) is 9.36. The number of rotatable bonds is 4. The van der Waals surface area contributed by atoms with Gasteiger partial charge in [-0.3, -0.25) is 0 Å². The van der Waals surface area contributed by atoms with Crippen molar-refractivity contribution < 1.29 is 13.2 Å². The number of aryl methyl sites for hydroxylation is 1. The highest BCUT2D eigenvalue weighted by molar-refractivity contribution is 7.89. The second kappa shape index (κ2) is 6.77. The van der Waals surface area contributed by atoms with Crippen LogP contribution < -0.4 is 4.74 Å². The molecule has 1 saturated heterocycles. The van der Waals surface area contributed by atoms with Crippen LogP contribution in [0, 0.1) is 18.8 Å². The maximum Gasteiger partial charge on any atom is 0.246 e. The average molecular weight is 346 g/mol. The van der Waals surface area contributed by atoms with Crippen molar-refractivity contribution in [3.05, 3.63) is 22.7 Å². The summed E-state index contributed by atoms with van der Waals surface area (Å²) >= 11 is 6.15. The molecule has 0 N–H and O–H groups in total. The van der Waals surface area contributed by atoms with E-state index >= 15 is 0 Å². The Labute approximate surface area is 138 Å². The second-order valence-electron chi connectivity index (χ2n) is 6.25. The smallest absolute Gasteiger partial charge is 0.246 e. The molecule has 0 bridgehead atoms. The third-order valence-corrected chi connectivity index (χ3v) is 6.24. The molecule has 0 spiro atoms. The van der Waals surface area contributed by atoms with E-state index in [9.17, 15) is 8.42 Å². The molecule has 1 aromatic carbocycles. The molecule has 124 valence electrons. The van der Waals surface area contributed by atoms with Crippen LogP contribution in [0.25, 0.3) is 0 Å². The minimum atomic E-state index is -3.60. The predicted octanol–water partition coefficient (Wildman–Crippen LogP) is 3.71. The summed E-state index contributed by atoms with van der Waals surface area (Å²) in [5.41, 5.74) is 0.810. The van der Waals surface area contributed by atoms with Gasteiger partial charge in [-0.05, 0) is 49.8 Å². The first-order valence-corrected chi connectivity index (χ1v) is 9.50. The highest BCUT2D eigenvalue weighted by Crippen LogP contribution is 2.34. The summed E-state index contributed by atoms with van der Waals surface area (Å²) in [5.74, 6) is 1.10. The highest BCUT2D eigenvalue weighted by atomic mass is 35.5. The first-order chi connectivity index (χ1) is 10.3. The third-order valence-electron chi connectivity index (χ3n) is 3.98. The van der Waals surface area contributed by atoms with Gasteiger partial charge in [0, 0.05) is 18.1 Å². The Morgan fingerprint density at radius 3 is 2.41 bits per heavy atom. The van der Waals surface area contributed by atoms with Gasteiger partial charge in [0.2, 0.25) is 10.0 Å². The minimum absolute atomic E-state index is 0.172. The molecular formula is C16H24ClNO3S. The molecular weight excluding hydrogens is 322 g/mol. The Hall–Kier alpha value is -0.780. The van der Waals surface area contributed by atoms with Crippen LogP contribution in [0.4, 0.5) is 0 Å². The molecule has 1 heterocycles. The van der Waals surface area contributed by atoms with Crippen molar-refractivity contribution in [2.24, 2.45) is 11.8 Å². The molecule has 2 rings (SSSR count). The van der Waals surface area contributed by atoms with Gasteiger partial charge in [-0.25, -0.2) is 8.42 Å². The van der Waals surface area contributed by atoms with Crippen LogP contribution in [0.1, 0.15) is 32.8 Å². The van der Waals surface area contributed by atoms with Crippen molar-refractivity contribution in [3.63, 3.8) is 0 Å². The SMILES string of the molecule is CCOc1cc(C)c(Cl)cc1S(=O)(=O)N1C[C@@H](C)C[C@H](C)C1. The van der Waals surface area contributed by atoms with Gasteiger partial charge in [0.25, 0.3) is 0 Å². The molecule has 1 fully saturated rings. The van der Waals surface area contributed by atoms with Crippen LogP contribution in [0.15, 0.2) is 17.0 Å². The van der Waals surface area contributed by atoms with Crippen LogP contribution in [0.2, 0.25) is 5.02 Å². The normalized spacial score (nSPS) is 23.5. The standard InChI is InChI=1S/C16H24ClNO3S/c1-5-21-15-7-13(4)14(17)8-16(15)22(19,20)18-9-11(2)6-12(3)10-18/h7-8,11-12H,5-6,9-10H2,1-4H3/t11-,12-/m0/s1. The molecule has 22 heavy (non-hydrogen) atoms. The lowest BCUT2D eigenvalue weighted by Crippen LogP contribution is -2.42. The Morgan fingerprint density at radius 2 is 1.86 bits per heavy atom. The molecule has 0 aromatic heterocycles. The monoisotopic (exact) mass is 345 g/mol. The molecule has 1 aliphatic heterocycles. The maximum absolute atomic E-state index is 13.0. The molecule has 4 nitrogen and oxygen atoms in total. The first-order valence-electron chi connectivity index (χ1n) is 7.68. The van der Waals surface area contributed by atoms with E-state index in [4.69, 9.17) is 16.3 Å². The molecule has 6 heteroatoms. The van der Waals surface area contributed by atoms with Gasteiger partial charge >= 0.3 is 0 Å². The van der Waals surface area contributed by atoms with E-state index in [1.54, 1.807) is 10.4 Å². The van der Waals surface area contributed by atoms with Gasteiger partial charge in [0.15, 0.2) is 0 Å². The molecule has 0 unspecified atom stereocenters. The molecule has 0 aliphatic carbocycles. The van der Waals surface area contributed by atoms with E-state index in [1.807, 2.05) is 13.8 Å². The second-order valence-corrected chi connectivity index (χ2v) is 8.56. The Balaban J connectivity index is 2.46. The van der Waals surface area contributed by atoms with E-state index in [1.165, 1.54) is 6.07 Å². The van der Waals surface area contributed by atoms with Gasteiger partial charge in [-0.1, -0.05) is 25.4 Å². The molecule has 1 aromatic rings. The average Bonchev–Trinajstić information content (AvgIpc) is 2.41. The van der Waals surface area contributed by atoms with Crippen molar-refractivity contribution in [2.45, 2.75) is 39.0 Å².